The molecule has 22 heavy (non-hydrogen) atoms. The van der Waals surface area contributed by atoms with Crippen LogP contribution in [0.2, 0.25) is 0 Å². The van der Waals surface area contributed by atoms with Crippen LogP contribution in [0.3, 0.4) is 0 Å². The third-order valence-electron chi connectivity index (χ3n) is 3.62. The molecular formula is C15H18BrNO3S2. The molecule has 0 saturated carbocycles. The first-order valence-corrected chi connectivity index (χ1v) is 9.88. The van der Waals surface area contributed by atoms with Crippen molar-refractivity contribution in [2.24, 2.45) is 0 Å². The van der Waals surface area contributed by atoms with Crippen molar-refractivity contribution in [1.82, 2.24) is 4.72 Å². The summed E-state index contributed by atoms with van der Waals surface area (Å²) in [6.45, 7) is 2.16. The molecule has 1 atom stereocenters. The van der Waals surface area contributed by atoms with Crippen molar-refractivity contribution in [2.75, 3.05) is 13.7 Å². The van der Waals surface area contributed by atoms with Gasteiger partial charge in [0.25, 0.3) is 0 Å². The molecule has 1 aromatic heterocycles. The first-order valence-electron chi connectivity index (χ1n) is 6.79. The van der Waals surface area contributed by atoms with Crippen LogP contribution < -0.4 is 4.72 Å². The minimum atomic E-state index is -3.54. The number of rotatable bonds is 7. The first kappa shape index (κ1) is 17.6. The molecule has 120 valence electrons. The highest BCUT2D eigenvalue weighted by Crippen LogP contribution is 2.30. The number of hydrogen-bond donors (Lipinski definition) is 1. The Kier molecular flexibility index (Phi) is 5.79. The molecule has 4 nitrogen and oxygen atoms in total. The maximum Gasteiger partial charge on any atom is 0.250 e. The smallest absolute Gasteiger partial charge is 0.250 e. The minimum absolute atomic E-state index is 0.182. The summed E-state index contributed by atoms with van der Waals surface area (Å²) in [5.74, 6) is 0. The molecule has 0 amide bonds. The van der Waals surface area contributed by atoms with Crippen molar-refractivity contribution >= 4 is 37.3 Å². The molecule has 1 aromatic carbocycles. The fourth-order valence-electron chi connectivity index (χ4n) is 2.23. The highest BCUT2D eigenvalue weighted by atomic mass is 79.9. The Labute approximate surface area is 143 Å². The Balaban J connectivity index is 2.23. The molecule has 1 heterocycles. The van der Waals surface area contributed by atoms with Crippen LogP contribution in [0.1, 0.15) is 18.9 Å². The van der Waals surface area contributed by atoms with Crippen molar-refractivity contribution in [2.45, 2.75) is 23.2 Å². The van der Waals surface area contributed by atoms with Crippen LogP contribution in [0.5, 0.6) is 0 Å². The van der Waals surface area contributed by atoms with Crippen LogP contribution in [0.4, 0.5) is 0 Å². The number of hydrogen-bond acceptors (Lipinski definition) is 4. The van der Waals surface area contributed by atoms with Gasteiger partial charge in [-0.1, -0.05) is 37.3 Å². The fourth-order valence-corrected chi connectivity index (χ4v) is 5.37. The maximum atomic E-state index is 12.4. The Hall–Kier alpha value is -0.730. The van der Waals surface area contributed by atoms with Crippen molar-refractivity contribution in [3.05, 3.63) is 51.8 Å². The molecule has 0 saturated heterocycles. The number of thiophene rings is 1. The summed E-state index contributed by atoms with van der Waals surface area (Å²) in [5, 5.41) is 0. The Morgan fingerprint density at radius 3 is 2.41 bits per heavy atom. The van der Waals surface area contributed by atoms with Crippen LogP contribution in [0.15, 0.2) is 50.5 Å². The van der Waals surface area contributed by atoms with Gasteiger partial charge in [-0.25, -0.2) is 13.1 Å². The van der Waals surface area contributed by atoms with Gasteiger partial charge in [0.2, 0.25) is 10.0 Å². The lowest BCUT2D eigenvalue weighted by Gasteiger charge is -2.32. The largest absolute Gasteiger partial charge is 0.372 e. The van der Waals surface area contributed by atoms with Crippen molar-refractivity contribution in [3.63, 3.8) is 0 Å². The number of halogens is 1. The average Bonchev–Trinajstić information content (AvgIpc) is 2.97. The normalized spacial score (nSPS) is 14.7. The minimum Gasteiger partial charge on any atom is -0.372 e. The molecular weight excluding hydrogens is 386 g/mol. The van der Waals surface area contributed by atoms with Crippen LogP contribution >= 0.6 is 27.3 Å². The molecule has 0 aliphatic carbocycles. The zero-order valence-corrected chi connectivity index (χ0v) is 15.6. The van der Waals surface area contributed by atoms with Gasteiger partial charge < -0.3 is 4.74 Å². The number of ether oxygens (including phenoxy) is 1. The molecule has 0 aliphatic rings. The SMILES string of the molecule is CCC(CNS(=O)(=O)c1ccc(Br)s1)(OC)c1ccccc1. The van der Waals surface area contributed by atoms with Crippen LogP contribution in [-0.4, -0.2) is 22.1 Å². The average molecular weight is 404 g/mol. The lowest BCUT2D eigenvalue weighted by atomic mass is 9.91. The molecule has 2 rings (SSSR count). The summed E-state index contributed by atoms with van der Waals surface area (Å²) >= 11 is 4.46. The lowest BCUT2D eigenvalue weighted by molar-refractivity contribution is -0.0133. The van der Waals surface area contributed by atoms with E-state index in [0.717, 1.165) is 9.35 Å². The van der Waals surface area contributed by atoms with Crippen LogP contribution in [-0.2, 0) is 20.4 Å². The number of nitrogens with one attached hydrogen (secondary N) is 1. The second kappa shape index (κ2) is 7.23. The summed E-state index contributed by atoms with van der Waals surface area (Å²) in [4.78, 5) is 0. The van der Waals surface area contributed by atoms with Gasteiger partial charge in [-0.15, -0.1) is 11.3 Å². The first-order chi connectivity index (χ1) is 10.4. The van der Waals surface area contributed by atoms with Crippen LogP contribution in [0, 0.1) is 0 Å². The fraction of sp³-hybridized carbons (Fsp3) is 0.333. The second-order valence-electron chi connectivity index (χ2n) is 4.80. The Morgan fingerprint density at radius 2 is 1.91 bits per heavy atom. The van der Waals surface area contributed by atoms with E-state index in [-0.39, 0.29) is 10.8 Å². The zero-order chi connectivity index (χ0) is 16.2. The van der Waals surface area contributed by atoms with E-state index < -0.39 is 15.6 Å². The third-order valence-corrected chi connectivity index (χ3v) is 7.14. The van der Waals surface area contributed by atoms with Gasteiger partial charge in [-0.2, -0.15) is 0 Å². The second-order valence-corrected chi connectivity index (χ2v) is 9.26. The summed E-state index contributed by atoms with van der Waals surface area (Å²) in [6.07, 6.45) is 0.657. The highest BCUT2D eigenvalue weighted by molar-refractivity contribution is 9.11. The summed E-state index contributed by atoms with van der Waals surface area (Å²) < 4.78 is 34.2. The number of benzene rings is 1. The van der Waals surface area contributed by atoms with Crippen molar-refractivity contribution < 1.29 is 13.2 Å². The highest BCUT2D eigenvalue weighted by Gasteiger charge is 2.32. The Morgan fingerprint density at radius 1 is 1.23 bits per heavy atom. The number of sulfonamides is 1. The van der Waals surface area contributed by atoms with Gasteiger partial charge in [0, 0.05) is 13.7 Å². The van der Waals surface area contributed by atoms with E-state index >= 15 is 0 Å². The van der Waals surface area contributed by atoms with Gasteiger partial charge >= 0.3 is 0 Å². The predicted octanol–water partition coefficient (Wildman–Crippen LogP) is 3.74. The molecule has 0 radical (unpaired) electrons. The monoisotopic (exact) mass is 403 g/mol. The van der Waals surface area contributed by atoms with E-state index in [1.54, 1.807) is 19.2 Å². The van der Waals surface area contributed by atoms with Gasteiger partial charge in [0.1, 0.15) is 9.81 Å². The van der Waals surface area contributed by atoms with E-state index in [2.05, 4.69) is 20.7 Å². The molecule has 0 fully saturated rings. The maximum absolute atomic E-state index is 12.4. The molecule has 1 unspecified atom stereocenters. The van der Waals surface area contributed by atoms with Gasteiger partial charge in [-0.05, 0) is 40.0 Å². The third kappa shape index (κ3) is 3.78. The van der Waals surface area contributed by atoms with Crippen molar-refractivity contribution in [1.29, 1.82) is 0 Å². The van der Waals surface area contributed by atoms with Crippen LogP contribution in [0.25, 0.3) is 0 Å². The topological polar surface area (TPSA) is 55.4 Å². The lowest BCUT2D eigenvalue weighted by Crippen LogP contribution is -2.41. The predicted molar refractivity (Wildman–Crippen MR) is 92.6 cm³/mol. The van der Waals surface area contributed by atoms with Gasteiger partial charge in [0.05, 0.1) is 3.79 Å². The Bertz CT molecular complexity index is 709. The quantitative estimate of drug-likeness (QED) is 0.765. The summed E-state index contributed by atoms with van der Waals surface area (Å²) in [6, 6.07) is 13.0. The molecule has 7 heteroatoms. The van der Waals surface area contributed by atoms with E-state index in [1.807, 2.05) is 37.3 Å². The molecule has 0 bridgehead atoms. The molecule has 2 aromatic rings. The van der Waals surface area contributed by atoms with E-state index in [0.29, 0.717) is 6.42 Å². The molecule has 1 N–H and O–H groups in total. The summed E-state index contributed by atoms with van der Waals surface area (Å²) in [7, 11) is -1.94. The number of methoxy groups -OCH3 is 1. The summed E-state index contributed by atoms with van der Waals surface area (Å²) in [5.41, 5.74) is 0.276. The van der Waals surface area contributed by atoms with Gasteiger partial charge in [-0.3, -0.25) is 0 Å². The van der Waals surface area contributed by atoms with E-state index in [1.165, 1.54) is 11.3 Å². The van der Waals surface area contributed by atoms with E-state index in [9.17, 15) is 8.42 Å². The van der Waals surface area contributed by atoms with Crippen molar-refractivity contribution in [3.8, 4) is 0 Å². The zero-order valence-electron chi connectivity index (χ0n) is 12.4. The molecule has 0 spiro atoms. The van der Waals surface area contributed by atoms with E-state index in [4.69, 9.17) is 4.74 Å². The molecule has 0 aliphatic heterocycles. The van der Waals surface area contributed by atoms with Gasteiger partial charge in [0.15, 0.2) is 0 Å². The standard InChI is InChI=1S/C15H18BrNO3S2/c1-3-15(20-2,12-7-5-4-6-8-12)11-17-22(18,19)14-10-9-13(16)21-14/h4-10,17H,3,11H2,1-2H3.